The van der Waals surface area contributed by atoms with Crippen molar-refractivity contribution in [3.8, 4) is 0 Å². The number of hydrogen-bond acceptors (Lipinski definition) is 5. The van der Waals surface area contributed by atoms with Gasteiger partial charge in [0.15, 0.2) is 0 Å². The van der Waals surface area contributed by atoms with Gasteiger partial charge in [0.05, 0.1) is 0 Å². The van der Waals surface area contributed by atoms with Crippen LogP contribution in [0.2, 0.25) is 0 Å². The molecular formula is C27H37FN5SSb-. The Morgan fingerprint density at radius 3 is 2.83 bits per heavy atom. The summed E-state index contributed by atoms with van der Waals surface area (Å²) in [5.41, 5.74) is 4.78. The number of anilines is 2. The van der Waals surface area contributed by atoms with Gasteiger partial charge in [0.25, 0.3) is 0 Å². The van der Waals surface area contributed by atoms with Crippen LogP contribution < -0.4 is 12.3 Å². The molecule has 5 nitrogen and oxygen atoms in total. The summed E-state index contributed by atoms with van der Waals surface area (Å²) in [4.78, 5) is 5.15. The van der Waals surface area contributed by atoms with Crippen molar-refractivity contribution >= 4 is 56.1 Å². The number of allylic oxidation sites excluding steroid dienone is 4. The standard InChI is InChI=1S/C27H36FN5.H2S.Sb/c1-6-9-21(30-24(10-7-2)27(3,4)5)18-13-14-19(15-18)23-16-25(33-32-23)31-22-12-8-11-20(17-29)26(22)28;;/h7-10,12,16,18-19,29H,6,13-15,17H2,1-5H3,(H2,31,32,33);1H2;/q-1;;+1/p-1/b10-7-,21-9+,30-24-;;. The molecule has 0 bridgehead atoms. The van der Waals surface area contributed by atoms with Crippen molar-refractivity contribution in [2.45, 2.75) is 72.8 Å². The second-order valence-corrected chi connectivity index (χ2v) is 13.1. The largest absolute Gasteiger partial charge is 0.813 e. The fraction of sp³-hybridized carbons (Fsp3) is 0.481. The summed E-state index contributed by atoms with van der Waals surface area (Å²) in [5, 5.41) is 10.8. The molecule has 1 aliphatic heterocycles. The monoisotopic (exact) mass is 603 g/mol. The number of aromatic nitrogens is 2. The molecule has 1 aliphatic carbocycles. The minimum absolute atomic E-state index is 0. The molecule has 0 amide bonds. The summed E-state index contributed by atoms with van der Waals surface area (Å²) in [6.07, 6.45) is 10.7. The number of nitrogens with one attached hydrogen (secondary N) is 3. The average molecular weight is 604 g/mol. The predicted molar refractivity (Wildman–Crippen MR) is 149 cm³/mol. The Kier molecular flexibility index (Phi) is 9.70. The molecule has 1 saturated carbocycles. The summed E-state index contributed by atoms with van der Waals surface area (Å²) in [5.74, 6) is 1.38. The Hall–Kier alpha value is -1.56. The minimum atomic E-state index is -0.613. The Morgan fingerprint density at radius 2 is 2.11 bits per heavy atom. The number of rotatable bonds is 7. The molecule has 2 aliphatic rings. The van der Waals surface area contributed by atoms with E-state index in [2.05, 4.69) is 71.0 Å². The number of halogens is 1. The predicted octanol–water partition coefficient (Wildman–Crippen LogP) is 5.61. The summed E-state index contributed by atoms with van der Waals surface area (Å²) >= 11 is -0.613. The molecule has 1 aromatic heterocycles. The van der Waals surface area contributed by atoms with Crippen LogP contribution in [0.5, 0.6) is 0 Å². The van der Waals surface area contributed by atoms with E-state index >= 15 is 0 Å². The third-order valence-electron chi connectivity index (χ3n) is 6.58. The number of aliphatic imine (C=N–C) groups is 1. The van der Waals surface area contributed by atoms with Gasteiger partial charge in [-0.25, -0.2) is 0 Å². The van der Waals surface area contributed by atoms with Crippen LogP contribution in [0.1, 0.15) is 77.5 Å². The number of thiol groups is 1. The molecule has 1 aromatic carbocycles. The van der Waals surface area contributed by atoms with Crippen molar-refractivity contribution in [2.75, 3.05) is 5.32 Å². The van der Waals surface area contributed by atoms with E-state index in [4.69, 9.17) is 4.99 Å². The number of aromatic amines is 1. The van der Waals surface area contributed by atoms with E-state index in [1.165, 1.54) is 9.21 Å². The SMILES string of the molecule is C\C=C/C(=N/C(=C/CC)C1CCC(c2cc(Nc3cc[c]4c(c3F)C[NH][Sb]4)n[nH]2)C1)C(C)(C)C.[SH-]. The van der Waals surface area contributed by atoms with Gasteiger partial charge in [-0.05, 0) is 19.4 Å². The van der Waals surface area contributed by atoms with E-state index in [0.29, 0.717) is 29.9 Å². The zero-order chi connectivity index (χ0) is 24.3. The molecule has 0 saturated heterocycles. The van der Waals surface area contributed by atoms with Gasteiger partial charge in [0.1, 0.15) is 0 Å². The van der Waals surface area contributed by atoms with Crippen LogP contribution in [0.15, 0.2) is 47.1 Å². The van der Waals surface area contributed by atoms with Crippen molar-refractivity contribution in [3.63, 3.8) is 0 Å². The molecule has 35 heavy (non-hydrogen) atoms. The molecule has 0 spiro atoms. The van der Waals surface area contributed by atoms with Crippen molar-refractivity contribution in [3.05, 3.63) is 59.2 Å². The smallest absolute Gasteiger partial charge is 0.00414 e. The Labute approximate surface area is 226 Å². The molecule has 189 valence electrons. The second kappa shape index (κ2) is 12.1. The zero-order valence-corrected chi connectivity index (χ0v) is 24.8. The average Bonchev–Trinajstić information content (AvgIpc) is 3.55. The van der Waals surface area contributed by atoms with E-state index in [9.17, 15) is 4.39 Å². The van der Waals surface area contributed by atoms with Crippen LogP contribution in [-0.4, -0.2) is 37.8 Å². The Balaban J connectivity index is 0.00000342. The summed E-state index contributed by atoms with van der Waals surface area (Å²) < 4.78 is 19.4. The van der Waals surface area contributed by atoms with Crippen molar-refractivity contribution in [1.82, 2.24) is 13.7 Å². The number of H-pyrrole nitrogens is 1. The van der Waals surface area contributed by atoms with Crippen LogP contribution in [0.25, 0.3) is 0 Å². The van der Waals surface area contributed by atoms with Gasteiger partial charge in [-0.15, -0.1) is 0 Å². The molecule has 1 fully saturated rings. The first-order valence-electron chi connectivity index (χ1n) is 12.3. The van der Waals surface area contributed by atoms with E-state index in [1.54, 1.807) is 0 Å². The van der Waals surface area contributed by atoms with Crippen molar-refractivity contribution < 1.29 is 4.39 Å². The maximum absolute atomic E-state index is 14.9. The van der Waals surface area contributed by atoms with E-state index < -0.39 is 21.9 Å². The molecule has 2 heterocycles. The molecule has 2 aromatic rings. The Morgan fingerprint density at radius 1 is 1.31 bits per heavy atom. The van der Waals surface area contributed by atoms with Crippen LogP contribution in [-0.2, 0) is 20.0 Å². The molecule has 3 N–H and O–H groups in total. The van der Waals surface area contributed by atoms with Gasteiger partial charge in [0.2, 0.25) is 0 Å². The van der Waals surface area contributed by atoms with E-state index in [0.717, 1.165) is 42.7 Å². The number of benzene rings is 1. The van der Waals surface area contributed by atoms with Gasteiger partial charge in [0, 0.05) is 11.1 Å². The second-order valence-electron chi connectivity index (χ2n) is 10.2. The van der Waals surface area contributed by atoms with Crippen LogP contribution in [0, 0.1) is 17.2 Å². The molecule has 4 rings (SSSR count). The normalized spacial score (nSPS) is 20.9. The van der Waals surface area contributed by atoms with Gasteiger partial charge in [-0.1, -0.05) is 39.8 Å². The van der Waals surface area contributed by atoms with Crippen LogP contribution in [0.4, 0.5) is 15.9 Å². The molecule has 2 atom stereocenters. The van der Waals surface area contributed by atoms with E-state index in [-0.39, 0.29) is 24.7 Å². The molecule has 2 unspecified atom stereocenters. The minimum Gasteiger partial charge on any atom is -0.813 e. The van der Waals surface area contributed by atoms with E-state index in [1.807, 2.05) is 19.1 Å². The fourth-order valence-electron chi connectivity index (χ4n) is 4.73. The number of hydrogen-bond donors (Lipinski definition) is 3. The maximum Gasteiger partial charge on any atom is 0.00414 e. The van der Waals surface area contributed by atoms with Crippen LogP contribution in [0.3, 0.4) is 0 Å². The first kappa shape index (κ1) is 28.0. The van der Waals surface area contributed by atoms with Gasteiger partial charge >= 0.3 is 139 Å². The number of fused-ring (bicyclic) bond motifs is 1. The molecule has 8 heteroatoms. The van der Waals surface area contributed by atoms with Gasteiger partial charge < -0.3 is 13.5 Å². The zero-order valence-electron chi connectivity index (χ0n) is 21.3. The summed E-state index contributed by atoms with van der Waals surface area (Å²) in [6.45, 7) is 11.5. The number of nitrogens with zero attached hydrogens (tertiary/aromatic N) is 2. The third kappa shape index (κ3) is 6.61. The van der Waals surface area contributed by atoms with Crippen molar-refractivity contribution in [1.29, 1.82) is 0 Å². The first-order valence-corrected chi connectivity index (χ1v) is 14.8. The maximum atomic E-state index is 14.9. The Bertz CT molecular complexity index is 1120. The van der Waals surface area contributed by atoms with Gasteiger partial charge in [-0.2, -0.15) is 0 Å². The fourth-order valence-corrected chi connectivity index (χ4v) is 7.21. The first-order chi connectivity index (χ1) is 16.3. The third-order valence-corrected chi connectivity index (χ3v) is 9.37. The summed E-state index contributed by atoms with van der Waals surface area (Å²) in [7, 11) is 0. The topological polar surface area (TPSA) is 65.1 Å². The quantitative estimate of drug-likeness (QED) is 0.167. The van der Waals surface area contributed by atoms with Gasteiger partial charge in [-0.3, -0.25) is 4.99 Å². The summed E-state index contributed by atoms with van der Waals surface area (Å²) in [6, 6.07) is 5.93. The van der Waals surface area contributed by atoms with Crippen molar-refractivity contribution in [2.24, 2.45) is 16.3 Å². The van der Waals surface area contributed by atoms with Crippen LogP contribution >= 0.6 is 0 Å². The molecule has 1 radical (unpaired) electrons. The molecular weight excluding hydrogens is 567 g/mol.